The number of benzene rings is 8. The third-order valence-corrected chi connectivity index (χ3v) is 13.3. The van der Waals surface area contributed by atoms with Gasteiger partial charge in [-0.3, -0.25) is 0 Å². The zero-order chi connectivity index (χ0) is 30.7. The molecule has 1 heterocycles. The van der Waals surface area contributed by atoms with E-state index in [-0.39, 0.29) is 0 Å². The van der Waals surface area contributed by atoms with E-state index in [0.29, 0.717) is 0 Å². The van der Waals surface area contributed by atoms with Crippen molar-refractivity contribution in [1.29, 1.82) is 0 Å². The number of rotatable bonds is 4. The summed E-state index contributed by atoms with van der Waals surface area (Å²) in [6.07, 6.45) is 0. The van der Waals surface area contributed by atoms with Crippen molar-refractivity contribution >= 4 is 84.2 Å². The van der Waals surface area contributed by atoms with Crippen molar-refractivity contribution in [2.75, 3.05) is 4.90 Å². The highest BCUT2D eigenvalue weighted by atomic mass is 32.2. The van der Waals surface area contributed by atoms with E-state index >= 15 is 4.57 Å². The standard InChI is InChI=1S/C42H28NOPS/c44-45(39-20-9-15-30-12-3-5-17-35(30)39,40-21-10-16-31-13-4-6-18-36(31)40)34-25-26-38-42(28-34)46-41-22-8-7-19-37(41)43(38)33-24-23-29-11-1-2-14-32(29)27-33/h1-28H. The van der Waals surface area contributed by atoms with Gasteiger partial charge in [0.1, 0.15) is 0 Å². The summed E-state index contributed by atoms with van der Waals surface area (Å²) in [7, 11) is -3.35. The molecule has 2 nitrogen and oxygen atoms in total. The number of hydrogen-bond acceptors (Lipinski definition) is 3. The van der Waals surface area contributed by atoms with E-state index in [1.165, 1.54) is 15.7 Å². The van der Waals surface area contributed by atoms with Gasteiger partial charge in [0.25, 0.3) is 0 Å². The van der Waals surface area contributed by atoms with E-state index < -0.39 is 7.14 Å². The monoisotopic (exact) mass is 625 g/mol. The van der Waals surface area contributed by atoms with E-state index in [0.717, 1.165) is 59.4 Å². The van der Waals surface area contributed by atoms with Gasteiger partial charge in [0.15, 0.2) is 7.14 Å². The van der Waals surface area contributed by atoms with Crippen LogP contribution in [0.4, 0.5) is 17.1 Å². The Morgan fingerprint density at radius 1 is 0.435 bits per heavy atom. The molecular formula is C42H28NOPS. The van der Waals surface area contributed by atoms with Gasteiger partial charge in [-0.25, -0.2) is 0 Å². The smallest absolute Gasteiger partial charge is 0.172 e. The fourth-order valence-corrected chi connectivity index (χ4v) is 11.2. The Hall–Kier alpha value is -5.08. The van der Waals surface area contributed by atoms with Gasteiger partial charge in [0, 0.05) is 31.4 Å². The lowest BCUT2D eigenvalue weighted by Gasteiger charge is -2.34. The lowest BCUT2D eigenvalue weighted by Crippen LogP contribution is -2.27. The minimum Gasteiger partial charge on any atom is -0.309 e. The van der Waals surface area contributed by atoms with E-state index in [9.17, 15) is 0 Å². The second kappa shape index (κ2) is 10.8. The first-order valence-electron chi connectivity index (χ1n) is 15.5. The summed E-state index contributed by atoms with van der Waals surface area (Å²) in [5.41, 5.74) is 3.34. The maximum absolute atomic E-state index is 16.3. The molecule has 0 unspecified atom stereocenters. The van der Waals surface area contributed by atoms with Crippen LogP contribution in [0.3, 0.4) is 0 Å². The summed E-state index contributed by atoms with van der Waals surface area (Å²) in [5.74, 6) is 0. The first-order chi connectivity index (χ1) is 22.7. The highest BCUT2D eigenvalue weighted by molar-refractivity contribution is 7.99. The minimum atomic E-state index is -3.35. The summed E-state index contributed by atoms with van der Waals surface area (Å²) in [4.78, 5) is 4.61. The van der Waals surface area contributed by atoms with Gasteiger partial charge >= 0.3 is 0 Å². The molecule has 0 aliphatic carbocycles. The average molecular weight is 626 g/mol. The van der Waals surface area contributed by atoms with E-state index in [4.69, 9.17) is 0 Å². The molecule has 0 spiro atoms. The SMILES string of the molecule is O=P(c1ccc2c(c1)Sc1ccccc1N2c1ccc2ccccc2c1)(c1cccc2ccccc12)c1cccc2ccccc12. The molecule has 0 radical (unpaired) electrons. The summed E-state index contributed by atoms with van der Waals surface area (Å²) < 4.78 is 16.3. The fourth-order valence-electron chi connectivity index (χ4n) is 6.91. The Morgan fingerprint density at radius 2 is 1.00 bits per heavy atom. The molecule has 0 amide bonds. The second-order valence-electron chi connectivity index (χ2n) is 11.7. The molecular weight excluding hydrogens is 598 g/mol. The average Bonchev–Trinajstić information content (AvgIpc) is 3.12. The summed E-state index contributed by atoms with van der Waals surface area (Å²) >= 11 is 1.75. The molecule has 0 N–H and O–H groups in total. The minimum absolute atomic E-state index is 0.837. The third-order valence-electron chi connectivity index (χ3n) is 9.08. The largest absolute Gasteiger partial charge is 0.309 e. The fraction of sp³-hybridized carbons (Fsp3) is 0. The van der Waals surface area contributed by atoms with Crippen LogP contribution in [0.25, 0.3) is 32.3 Å². The Morgan fingerprint density at radius 3 is 1.72 bits per heavy atom. The number of hydrogen-bond donors (Lipinski definition) is 0. The van der Waals surface area contributed by atoms with Gasteiger partial charge in [-0.2, -0.15) is 0 Å². The van der Waals surface area contributed by atoms with Crippen molar-refractivity contribution in [3.63, 3.8) is 0 Å². The molecule has 218 valence electrons. The molecule has 0 saturated carbocycles. The van der Waals surface area contributed by atoms with Gasteiger partial charge in [0.2, 0.25) is 0 Å². The maximum atomic E-state index is 16.3. The number of para-hydroxylation sites is 1. The van der Waals surface area contributed by atoms with Gasteiger partial charge in [-0.1, -0.05) is 139 Å². The number of anilines is 3. The molecule has 1 aliphatic heterocycles. The van der Waals surface area contributed by atoms with E-state index in [1.54, 1.807) is 11.8 Å². The Labute approximate surface area is 272 Å². The van der Waals surface area contributed by atoms with Crippen molar-refractivity contribution in [3.8, 4) is 0 Å². The summed E-state index contributed by atoms with van der Waals surface area (Å²) in [6, 6.07) is 59.2. The maximum Gasteiger partial charge on any atom is 0.172 e. The lowest BCUT2D eigenvalue weighted by atomic mass is 10.1. The van der Waals surface area contributed by atoms with E-state index in [1.807, 2.05) is 36.4 Å². The lowest BCUT2D eigenvalue weighted by molar-refractivity contribution is 0.592. The number of fused-ring (bicyclic) bond motifs is 5. The molecule has 1 aliphatic rings. The number of nitrogens with zero attached hydrogens (tertiary/aromatic N) is 1. The van der Waals surface area contributed by atoms with Crippen molar-refractivity contribution in [3.05, 3.63) is 170 Å². The van der Waals surface area contributed by atoms with Crippen molar-refractivity contribution in [1.82, 2.24) is 0 Å². The van der Waals surface area contributed by atoms with Crippen LogP contribution >= 0.6 is 18.9 Å². The molecule has 8 aromatic rings. The van der Waals surface area contributed by atoms with E-state index in [2.05, 4.69) is 138 Å². The van der Waals surface area contributed by atoms with Crippen LogP contribution in [0.15, 0.2) is 180 Å². The zero-order valence-corrected chi connectivity index (χ0v) is 26.6. The molecule has 0 fully saturated rings. The highest BCUT2D eigenvalue weighted by Gasteiger charge is 2.35. The van der Waals surface area contributed by atoms with Crippen LogP contribution < -0.4 is 20.8 Å². The van der Waals surface area contributed by atoms with Crippen molar-refractivity contribution in [2.45, 2.75) is 9.79 Å². The Bertz CT molecular complexity index is 2430. The summed E-state index contributed by atoms with van der Waals surface area (Å²) in [6.45, 7) is 0. The van der Waals surface area contributed by atoms with Crippen molar-refractivity contribution in [2.24, 2.45) is 0 Å². The van der Waals surface area contributed by atoms with Crippen LogP contribution in [0.1, 0.15) is 0 Å². The quantitative estimate of drug-likeness (QED) is 0.182. The molecule has 0 aromatic heterocycles. The Kier molecular flexibility index (Phi) is 6.38. The molecule has 4 heteroatoms. The summed E-state index contributed by atoms with van der Waals surface area (Å²) in [5, 5.41) is 9.21. The topological polar surface area (TPSA) is 20.3 Å². The molecule has 9 rings (SSSR count). The first-order valence-corrected chi connectivity index (χ1v) is 18.0. The van der Waals surface area contributed by atoms with Crippen LogP contribution in [0, 0.1) is 0 Å². The van der Waals surface area contributed by atoms with Crippen LogP contribution in [0.2, 0.25) is 0 Å². The first kappa shape index (κ1) is 27.2. The van der Waals surface area contributed by atoms with Gasteiger partial charge in [-0.05, 0) is 74.8 Å². The third kappa shape index (κ3) is 4.24. The van der Waals surface area contributed by atoms with Crippen LogP contribution in [0.5, 0.6) is 0 Å². The molecule has 46 heavy (non-hydrogen) atoms. The predicted molar refractivity (Wildman–Crippen MR) is 197 cm³/mol. The van der Waals surface area contributed by atoms with Gasteiger partial charge < -0.3 is 9.46 Å². The highest BCUT2D eigenvalue weighted by Crippen LogP contribution is 2.54. The molecule has 0 bridgehead atoms. The molecule has 0 saturated heterocycles. The van der Waals surface area contributed by atoms with Crippen LogP contribution in [-0.4, -0.2) is 0 Å². The second-order valence-corrected chi connectivity index (χ2v) is 15.5. The predicted octanol–water partition coefficient (Wildman–Crippen LogP) is 10.7. The van der Waals surface area contributed by atoms with Gasteiger partial charge in [0.05, 0.1) is 11.4 Å². The normalized spacial score (nSPS) is 12.7. The Balaban J connectivity index is 1.30. The van der Waals surface area contributed by atoms with Crippen LogP contribution in [-0.2, 0) is 4.57 Å². The van der Waals surface area contributed by atoms with Crippen molar-refractivity contribution < 1.29 is 4.57 Å². The molecule has 8 aromatic carbocycles. The molecule has 0 atom stereocenters. The zero-order valence-electron chi connectivity index (χ0n) is 24.9. The van der Waals surface area contributed by atoms with Gasteiger partial charge in [-0.15, -0.1) is 0 Å².